The fourth-order valence-electron chi connectivity index (χ4n) is 4.24. The van der Waals surface area contributed by atoms with Crippen molar-refractivity contribution in [2.75, 3.05) is 0 Å². The van der Waals surface area contributed by atoms with Crippen LogP contribution in [0.3, 0.4) is 0 Å². The summed E-state index contributed by atoms with van der Waals surface area (Å²) in [6.07, 6.45) is 30.2. The van der Waals surface area contributed by atoms with E-state index < -0.39 is 0 Å². The first-order valence-electron chi connectivity index (χ1n) is 12.7. The lowest BCUT2D eigenvalue weighted by molar-refractivity contribution is 0.328. The van der Waals surface area contributed by atoms with Crippen molar-refractivity contribution in [3.8, 4) is 0 Å². The van der Waals surface area contributed by atoms with Gasteiger partial charge in [0.2, 0.25) is 6.17 Å². The van der Waals surface area contributed by atoms with Crippen molar-refractivity contribution in [1.82, 2.24) is 0 Å². The van der Waals surface area contributed by atoms with Gasteiger partial charge in [-0.15, -0.1) is 0 Å². The van der Waals surface area contributed by atoms with Crippen molar-refractivity contribution in [3.05, 3.63) is 6.17 Å². The second-order valence-electron chi connectivity index (χ2n) is 9.27. The van der Waals surface area contributed by atoms with Gasteiger partial charge in [-0.2, -0.15) is 0 Å². The Labute approximate surface area is 177 Å². The maximum absolute atomic E-state index is 4.35. The standard InChI is InChI=1S/C26H49N2/c1-4-5-6-7-8-9-10-11-12-13-14-15-16-17-18-19-20-25(24(2)3)23-26-27-21-22-28-26/h21-22,24-25H,4-20,23H2,1-3H3/q+1. The van der Waals surface area contributed by atoms with Gasteiger partial charge in [0.25, 0.3) is 0 Å². The van der Waals surface area contributed by atoms with E-state index in [-0.39, 0.29) is 0 Å². The predicted molar refractivity (Wildman–Crippen MR) is 127 cm³/mol. The van der Waals surface area contributed by atoms with Gasteiger partial charge in [-0.05, 0) is 18.3 Å². The minimum atomic E-state index is 0.731. The van der Waals surface area contributed by atoms with Crippen LogP contribution in [0.15, 0.2) is 9.98 Å². The Kier molecular flexibility index (Phi) is 16.5. The van der Waals surface area contributed by atoms with E-state index in [2.05, 4.69) is 30.8 Å². The molecule has 0 amide bonds. The molecule has 0 aromatic rings. The van der Waals surface area contributed by atoms with Crippen LogP contribution in [0, 0.1) is 18.0 Å². The van der Waals surface area contributed by atoms with Gasteiger partial charge in [-0.25, -0.2) is 0 Å². The van der Waals surface area contributed by atoms with Crippen molar-refractivity contribution >= 4 is 12.4 Å². The summed E-state index contributed by atoms with van der Waals surface area (Å²) in [5, 5.41) is 0. The molecule has 1 heterocycles. The average molecular weight is 390 g/mol. The largest absolute Gasteiger partial charge is 0.240 e. The minimum absolute atomic E-state index is 0.731. The average Bonchev–Trinajstić information content (AvgIpc) is 3.19. The first-order chi connectivity index (χ1) is 13.7. The Morgan fingerprint density at radius 1 is 0.607 bits per heavy atom. The summed E-state index contributed by atoms with van der Waals surface area (Å²) < 4.78 is 0. The first kappa shape index (κ1) is 25.2. The summed E-state index contributed by atoms with van der Waals surface area (Å²) in [5.74, 6) is 1.48. The molecule has 0 saturated carbocycles. The molecular formula is C26H49N2+. The highest BCUT2D eigenvalue weighted by Crippen LogP contribution is 2.29. The molecule has 0 aromatic heterocycles. The molecule has 0 spiro atoms. The smallest absolute Gasteiger partial charge is 0.0968 e. The molecule has 1 unspecified atom stereocenters. The van der Waals surface area contributed by atoms with Crippen LogP contribution in [-0.4, -0.2) is 12.4 Å². The summed E-state index contributed by atoms with van der Waals surface area (Å²) in [7, 11) is 0. The molecule has 0 radical (unpaired) electrons. The highest BCUT2D eigenvalue weighted by atomic mass is 15.0. The maximum atomic E-state index is 4.35. The molecule has 0 fully saturated rings. The zero-order valence-corrected chi connectivity index (χ0v) is 19.4. The summed E-state index contributed by atoms with van der Waals surface area (Å²) in [6, 6.07) is 0. The summed E-state index contributed by atoms with van der Waals surface area (Å²) >= 11 is 0. The van der Waals surface area contributed by atoms with Crippen LogP contribution < -0.4 is 0 Å². The van der Waals surface area contributed by atoms with Crippen molar-refractivity contribution < 1.29 is 0 Å². The van der Waals surface area contributed by atoms with E-state index in [1.165, 1.54) is 109 Å². The van der Waals surface area contributed by atoms with Gasteiger partial charge < -0.3 is 0 Å². The lowest BCUT2D eigenvalue weighted by Crippen LogP contribution is -2.11. The normalized spacial score (nSPS) is 14.5. The third-order valence-corrected chi connectivity index (χ3v) is 6.33. The van der Waals surface area contributed by atoms with Crippen LogP contribution in [0.25, 0.3) is 0 Å². The third-order valence-electron chi connectivity index (χ3n) is 6.33. The molecule has 0 bridgehead atoms. The van der Waals surface area contributed by atoms with Crippen LogP contribution in [-0.2, 0) is 0 Å². The van der Waals surface area contributed by atoms with E-state index in [0.717, 1.165) is 24.4 Å². The van der Waals surface area contributed by atoms with Gasteiger partial charge in [0.05, 0.1) is 6.42 Å². The Balaban J connectivity index is 1.82. The quantitative estimate of drug-likeness (QED) is 0.147. The van der Waals surface area contributed by atoms with Crippen LogP contribution in [0.2, 0.25) is 0 Å². The molecule has 1 rings (SSSR count). The SMILES string of the molecule is CCCCCCCCCCCCCCCCCCC(C[C+]1N=CC=N1)C(C)C. The maximum Gasteiger partial charge on any atom is 0.240 e. The van der Waals surface area contributed by atoms with E-state index in [1.54, 1.807) is 0 Å². The molecule has 1 aliphatic rings. The van der Waals surface area contributed by atoms with Crippen molar-refractivity contribution in [1.29, 1.82) is 0 Å². The molecule has 0 saturated heterocycles. The Hall–Kier alpha value is -0.790. The van der Waals surface area contributed by atoms with Crippen molar-refractivity contribution in [2.24, 2.45) is 21.8 Å². The molecule has 1 atom stereocenters. The highest BCUT2D eigenvalue weighted by molar-refractivity contribution is 6.18. The second kappa shape index (κ2) is 18.3. The van der Waals surface area contributed by atoms with Gasteiger partial charge in [-0.3, -0.25) is 0 Å². The van der Waals surface area contributed by atoms with Gasteiger partial charge in [-0.1, -0.05) is 133 Å². The summed E-state index contributed by atoms with van der Waals surface area (Å²) in [6.45, 7) is 6.99. The number of hydrogen-bond acceptors (Lipinski definition) is 2. The molecule has 2 nitrogen and oxygen atoms in total. The Morgan fingerprint density at radius 2 is 1.00 bits per heavy atom. The summed E-state index contributed by atoms with van der Waals surface area (Å²) in [5.41, 5.74) is 0. The lowest BCUT2D eigenvalue weighted by atomic mass is 9.86. The molecule has 0 N–H and O–H groups in total. The molecule has 2 heteroatoms. The van der Waals surface area contributed by atoms with Crippen molar-refractivity contribution in [3.63, 3.8) is 0 Å². The third kappa shape index (κ3) is 14.2. The molecule has 1 aliphatic heterocycles. The van der Waals surface area contributed by atoms with Crippen LogP contribution in [0.4, 0.5) is 0 Å². The van der Waals surface area contributed by atoms with E-state index in [1.807, 2.05) is 12.4 Å². The van der Waals surface area contributed by atoms with E-state index in [4.69, 9.17) is 0 Å². The second-order valence-corrected chi connectivity index (χ2v) is 9.27. The van der Waals surface area contributed by atoms with Gasteiger partial charge >= 0.3 is 0 Å². The highest BCUT2D eigenvalue weighted by Gasteiger charge is 2.24. The lowest BCUT2D eigenvalue weighted by Gasteiger charge is -2.19. The van der Waals surface area contributed by atoms with Crippen LogP contribution in [0.1, 0.15) is 136 Å². The Morgan fingerprint density at radius 3 is 1.39 bits per heavy atom. The number of rotatable bonds is 20. The van der Waals surface area contributed by atoms with Gasteiger partial charge in [0, 0.05) is 0 Å². The number of hydrogen-bond donors (Lipinski definition) is 0. The van der Waals surface area contributed by atoms with E-state index in [9.17, 15) is 0 Å². The number of aliphatic imine (C=N–C) groups is 2. The number of nitrogens with zero attached hydrogens (tertiary/aromatic N) is 2. The van der Waals surface area contributed by atoms with Crippen molar-refractivity contribution in [2.45, 2.75) is 136 Å². The predicted octanol–water partition coefficient (Wildman–Crippen LogP) is 8.94. The zero-order chi connectivity index (χ0) is 20.3. The van der Waals surface area contributed by atoms with Gasteiger partial charge in [0.1, 0.15) is 0 Å². The zero-order valence-electron chi connectivity index (χ0n) is 19.4. The topological polar surface area (TPSA) is 24.7 Å². The number of unbranched alkanes of at least 4 members (excludes halogenated alkanes) is 15. The first-order valence-corrected chi connectivity index (χ1v) is 12.7. The molecule has 162 valence electrons. The van der Waals surface area contributed by atoms with Crippen LogP contribution >= 0.6 is 0 Å². The Bertz CT molecular complexity index is 374. The molecular weight excluding hydrogens is 340 g/mol. The minimum Gasteiger partial charge on any atom is -0.0968 e. The van der Waals surface area contributed by atoms with Crippen LogP contribution in [0.5, 0.6) is 0 Å². The fraction of sp³-hybridized carbons (Fsp3) is 0.885. The summed E-state index contributed by atoms with van der Waals surface area (Å²) in [4.78, 5) is 8.70. The van der Waals surface area contributed by atoms with E-state index in [0.29, 0.717) is 0 Å². The molecule has 28 heavy (non-hydrogen) atoms. The monoisotopic (exact) mass is 389 g/mol. The van der Waals surface area contributed by atoms with Gasteiger partial charge in [0.15, 0.2) is 12.4 Å². The molecule has 0 aliphatic carbocycles. The fourth-order valence-corrected chi connectivity index (χ4v) is 4.24. The van der Waals surface area contributed by atoms with E-state index >= 15 is 0 Å². The molecule has 0 aromatic carbocycles.